The van der Waals surface area contributed by atoms with Crippen molar-refractivity contribution in [2.45, 2.75) is 38.5 Å². The van der Waals surface area contributed by atoms with Crippen molar-refractivity contribution in [3.8, 4) is 11.5 Å². The van der Waals surface area contributed by atoms with Crippen LogP contribution in [-0.4, -0.2) is 54.8 Å². The van der Waals surface area contributed by atoms with Crippen LogP contribution in [0.25, 0.3) is 6.08 Å². The zero-order valence-corrected chi connectivity index (χ0v) is 19.1. The molecule has 0 unspecified atom stereocenters. The molecule has 4 aliphatic carbocycles. The van der Waals surface area contributed by atoms with E-state index in [1.165, 1.54) is 46.5 Å². The first-order valence-electron chi connectivity index (χ1n) is 11.4. The second-order valence-electron chi connectivity index (χ2n) is 10.1. The van der Waals surface area contributed by atoms with Gasteiger partial charge in [0, 0.05) is 14.1 Å². The SMILES string of the molecule is COc1cc(C=C2C(=O)N(C)C(=O)N(C)C2=O)ccc1OC(=O)C12CC3CC(CC(C3)C1)C2. The minimum atomic E-state index is -0.674. The molecule has 4 amide bonds. The maximum Gasteiger partial charge on any atom is 0.333 e. The fraction of sp³-hybridized carbons (Fsp3) is 0.520. The highest BCUT2D eigenvalue weighted by Crippen LogP contribution is 2.60. The summed E-state index contributed by atoms with van der Waals surface area (Å²) < 4.78 is 11.3. The number of carbonyl (C=O) groups excluding carboxylic acids is 4. The third kappa shape index (κ3) is 3.52. The molecular formula is C25H28N2O6. The number of amides is 4. The number of methoxy groups -OCH3 is 1. The van der Waals surface area contributed by atoms with Gasteiger partial charge in [-0.25, -0.2) is 4.79 Å². The van der Waals surface area contributed by atoms with E-state index in [1.807, 2.05) is 0 Å². The molecule has 0 spiro atoms. The third-order valence-corrected chi connectivity index (χ3v) is 7.82. The summed E-state index contributed by atoms with van der Waals surface area (Å²) in [7, 11) is 4.13. The largest absolute Gasteiger partial charge is 0.493 e. The molecule has 1 saturated heterocycles. The number of hydrogen-bond acceptors (Lipinski definition) is 6. The Morgan fingerprint density at radius 1 is 0.939 bits per heavy atom. The van der Waals surface area contributed by atoms with Crippen molar-refractivity contribution in [1.82, 2.24) is 9.80 Å². The first kappa shape index (κ1) is 21.7. The average molecular weight is 453 g/mol. The van der Waals surface area contributed by atoms with E-state index in [4.69, 9.17) is 9.47 Å². The molecule has 0 radical (unpaired) electrons. The van der Waals surface area contributed by atoms with Crippen LogP contribution in [0.15, 0.2) is 23.8 Å². The Labute approximate surface area is 192 Å². The summed E-state index contributed by atoms with van der Waals surface area (Å²) in [5, 5.41) is 0. The van der Waals surface area contributed by atoms with Gasteiger partial charge in [-0.2, -0.15) is 0 Å². The maximum atomic E-state index is 13.3. The second-order valence-corrected chi connectivity index (χ2v) is 10.1. The average Bonchev–Trinajstić information content (AvgIpc) is 2.79. The van der Waals surface area contributed by atoms with Gasteiger partial charge in [0.2, 0.25) is 0 Å². The van der Waals surface area contributed by atoms with Gasteiger partial charge in [0.15, 0.2) is 11.5 Å². The Bertz CT molecular complexity index is 1030. The van der Waals surface area contributed by atoms with E-state index in [-0.39, 0.29) is 17.0 Å². The van der Waals surface area contributed by atoms with Gasteiger partial charge in [-0.1, -0.05) is 6.07 Å². The van der Waals surface area contributed by atoms with Gasteiger partial charge in [-0.3, -0.25) is 24.2 Å². The van der Waals surface area contributed by atoms with Crippen LogP contribution in [0.2, 0.25) is 0 Å². The Balaban J connectivity index is 1.39. The van der Waals surface area contributed by atoms with Crippen LogP contribution in [0.3, 0.4) is 0 Å². The molecule has 5 aliphatic rings. The number of benzene rings is 1. The third-order valence-electron chi connectivity index (χ3n) is 7.82. The van der Waals surface area contributed by atoms with Gasteiger partial charge < -0.3 is 9.47 Å². The molecule has 4 bridgehead atoms. The highest BCUT2D eigenvalue weighted by molar-refractivity contribution is 6.30. The maximum absolute atomic E-state index is 13.3. The van der Waals surface area contributed by atoms with E-state index in [2.05, 4.69) is 0 Å². The van der Waals surface area contributed by atoms with Crippen molar-refractivity contribution >= 4 is 29.9 Å². The molecule has 174 valence electrons. The van der Waals surface area contributed by atoms with Crippen molar-refractivity contribution < 1.29 is 28.7 Å². The number of likely N-dealkylation sites (N-methyl/N-ethyl adjacent to an activating group) is 2. The second kappa shape index (κ2) is 7.71. The van der Waals surface area contributed by atoms with E-state index in [1.54, 1.807) is 18.2 Å². The molecule has 33 heavy (non-hydrogen) atoms. The van der Waals surface area contributed by atoms with Gasteiger partial charge in [0.1, 0.15) is 5.57 Å². The fourth-order valence-corrected chi connectivity index (χ4v) is 6.57. The minimum absolute atomic E-state index is 0.125. The molecule has 6 rings (SSSR count). The van der Waals surface area contributed by atoms with Crippen LogP contribution >= 0.6 is 0 Å². The summed E-state index contributed by atoms with van der Waals surface area (Å²) in [5.41, 5.74) is 0.0116. The van der Waals surface area contributed by atoms with Crippen molar-refractivity contribution in [3.63, 3.8) is 0 Å². The molecule has 1 aliphatic heterocycles. The van der Waals surface area contributed by atoms with Gasteiger partial charge in [-0.05, 0) is 80.1 Å². The lowest BCUT2D eigenvalue weighted by molar-refractivity contribution is -0.161. The quantitative estimate of drug-likeness (QED) is 0.301. The number of barbiturate groups is 1. The minimum Gasteiger partial charge on any atom is -0.493 e. The first-order valence-corrected chi connectivity index (χ1v) is 11.4. The number of imide groups is 2. The molecule has 5 fully saturated rings. The lowest BCUT2D eigenvalue weighted by Gasteiger charge is -2.55. The summed E-state index contributed by atoms with van der Waals surface area (Å²) in [6, 6.07) is 4.23. The van der Waals surface area contributed by atoms with E-state index < -0.39 is 17.8 Å². The van der Waals surface area contributed by atoms with E-state index >= 15 is 0 Å². The van der Waals surface area contributed by atoms with Crippen LogP contribution in [0.4, 0.5) is 4.79 Å². The predicted octanol–water partition coefficient (Wildman–Crippen LogP) is 3.25. The van der Waals surface area contributed by atoms with Crippen LogP contribution in [-0.2, 0) is 14.4 Å². The van der Waals surface area contributed by atoms with Gasteiger partial charge in [0.05, 0.1) is 12.5 Å². The number of esters is 1. The highest BCUT2D eigenvalue weighted by Gasteiger charge is 2.55. The molecule has 1 heterocycles. The molecule has 1 aromatic rings. The topological polar surface area (TPSA) is 93.2 Å². The lowest BCUT2D eigenvalue weighted by atomic mass is 9.49. The summed E-state index contributed by atoms with van der Waals surface area (Å²) in [5.74, 6) is 1.06. The van der Waals surface area contributed by atoms with Crippen molar-refractivity contribution in [2.75, 3.05) is 21.2 Å². The molecule has 4 saturated carbocycles. The summed E-state index contributed by atoms with van der Waals surface area (Å²) in [4.78, 5) is 51.9. The van der Waals surface area contributed by atoms with Crippen LogP contribution in [0, 0.1) is 23.2 Å². The number of carbonyl (C=O) groups is 4. The predicted molar refractivity (Wildman–Crippen MR) is 118 cm³/mol. The molecular weight excluding hydrogens is 424 g/mol. The molecule has 0 atom stereocenters. The van der Waals surface area contributed by atoms with Crippen molar-refractivity contribution in [1.29, 1.82) is 0 Å². The van der Waals surface area contributed by atoms with Gasteiger partial charge in [0.25, 0.3) is 11.8 Å². The zero-order chi connectivity index (χ0) is 23.5. The van der Waals surface area contributed by atoms with E-state index in [9.17, 15) is 19.2 Å². The number of hydrogen-bond donors (Lipinski definition) is 0. The monoisotopic (exact) mass is 452 g/mol. The van der Waals surface area contributed by atoms with Crippen LogP contribution in [0.1, 0.15) is 44.1 Å². The smallest absolute Gasteiger partial charge is 0.333 e. The highest BCUT2D eigenvalue weighted by atomic mass is 16.6. The Morgan fingerprint density at radius 2 is 1.48 bits per heavy atom. The van der Waals surface area contributed by atoms with E-state index in [0.29, 0.717) is 34.8 Å². The molecule has 0 N–H and O–H groups in total. The molecule has 1 aromatic carbocycles. The summed E-state index contributed by atoms with van der Waals surface area (Å²) >= 11 is 0. The van der Waals surface area contributed by atoms with Crippen molar-refractivity contribution in [2.24, 2.45) is 23.2 Å². The summed E-state index contributed by atoms with van der Waals surface area (Å²) in [6.45, 7) is 0. The van der Waals surface area contributed by atoms with Crippen LogP contribution < -0.4 is 9.47 Å². The van der Waals surface area contributed by atoms with Gasteiger partial charge in [-0.15, -0.1) is 0 Å². The Morgan fingerprint density at radius 3 is 2.00 bits per heavy atom. The molecule has 0 aromatic heterocycles. The number of rotatable bonds is 4. The Hall–Kier alpha value is -3.16. The fourth-order valence-electron chi connectivity index (χ4n) is 6.57. The van der Waals surface area contributed by atoms with Gasteiger partial charge >= 0.3 is 12.0 Å². The molecule has 8 nitrogen and oxygen atoms in total. The lowest BCUT2D eigenvalue weighted by Crippen LogP contribution is -2.52. The first-order chi connectivity index (χ1) is 15.7. The number of urea groups is 1. The summed E-state index contributed by atoms with van der Waals surface area (Å²) in [6.07, 6.45) is 7.88. The zero-order valence-electron chi connectivity index (χ0n) is 19.1. The standard InChI is InChI=1S/C25H28N2O6/c1-26-21(28)18(22(29)27(2)24(26)31)9-14-4-5-19(20(10-14)32-3)33-23(30)25-11-15-6-16(12-25)8-17(7-15)13-25/h4-5,9-10,15-17H,6-8,11-13H2,1-3H3. The normalized spacial score (nSPS) is 30.7. The number of nitrogens with zero attached hydrogens (tertiary/aromatic N) is 2. The Kier molecular flexibility index (Phi) is 5.06. The molecule has 8 heteroatoms. The van der Waals surface area contributed by atoms with E-state index in [0.717, 1.165) is 29.1 Å². The number of ether oxygens (including phenoxy) is 2. The van der Waals surface area contributed by atoms with Crippen molar-refractivity contribution in [3.05, 3.63) is 29.3 Å². The van der Waals surface area contributed by atoms with Crippen LogP contribution in [0.5, 0.6) is 11.5 Å².